The lowest BCUT2D eigenvalue weighted by molar-refractivity contribution is -0.131. The lowest BCUT2D eigenvalue weighted by Crippen LogP contribution is -2.69. The summed E-state index contributed by atoms with van der Waals surface area (Å²) in [5.41, 5.74) is 0.230. The van der Waals surface area contributed by atoms with Crippen molar-refractivity contribution in [1.29, 1.82) is 0 Å². The Morgan fingerprint density at radius 2 is 1.88 bits per heavy atom. The van der Waals surface area contributed by atoms with Crippen LogP contribution in [0.25, 0.3) is 0 Å². The highest BCUT2D eigenvalue weighted by molar-refractivity contribution is 8.23. The average molecular weight is 529 g/mol. The van der Waals surface area contributed by atoms with Crippen LogP contribution in [0.5, 0.6) is 0 Å². The molecule has 2 unspecified atom stereocenters. The minimum Gasteiger partial charge on any atom is -0.479 e. The maximum atomic E-state index is 13.4. The molecule has 2 fully saturated rings. The molecule has 1 amide bonds. The summed E-state index contributed by atoms with van der Waals surface area (Å²) < 4.78 is 39.3. The van der Waals surface area contributed by atoms with Crippen LogP contribution < -0.4 is 0 Å². The van der Waals surface area contributed by atoms with E-state index in [0.717, 1.165) is 17.3 Å². The van der Waals surface area contributed by atoms with Gasteiger partial charge in [0.25, 0.3) is 0 Å². The first-order valence-corrected chi connectivity index (χ1v) is 13.9. The Balaban J connectivity index is 1.94. The smallest absolute Gasteiger partial charge is 0.411 e. The lowest BCUT2D eigenvalue weighted by Gasteiger charge is -2.56. The zero-order valence-corrected chi connectivity index (χ0v) is 22.6. The van der Waals surface area contributed by atoms with Crippen LogP contribution in [0, 0.1) is 12.8 Å². The first-order chi connectivity index (χ1) is 15.8. The zero-order valence-electron chi connectivity index (χ0n) is 20.2. The molecule has 0 aromatic heterocycles. The molecule has 0 radical (unpaired) electrons. The topological polar surface area (TPSA) is 93.2 Å². The third kappa shape index (κ3) is 5.58. The molecule has 0 N–H and O–H groups in total. The van der Waals surface area contributed by atoms with Crippen molar-refractivity contribution in [3.8, 4) is 0 Å². The molecule has 2 saturated heterocycles. The van der Waals surface area contributed by atoms with E-state index in [9.17, 15) is 18.0 Å². The summed E-state index contributed by atoms with van der Waals surface area (Å²) in [6.45, 7) is 9.77. The summed E-state index contributed by atoms with van der Waals surface area (Å²) in [7, 11) is -3.81. The number of Topliss-reactive ketones (excluding diaryl/α,β-unsaturated/α-hetero) is 1. The van der Waals surface area contributed by atoms with Crippen molar-refractivity contribution < 1.29 is 27.5 Å². The first-order valence-electron chi connectivity index (χ1n) is 11.3. The van der Waals surface area contributed by atoms with Crippen LogP contribution in [0.4, 0.5) is 4.79 Å². The summed E-state index contributed by atoms with van der Waals surface area (Å²) in [5, 5.41) is 0. The fraction of sp³-hybridized carbons (Fsp3) is 0.609. The number of piperidine rings is 1. The molecule has 11 heteroatoms. The second-order valence-corrected chi connectivity index (χ2v) is 13.3. The summed E-state index contributed by atoms with van der Waals surface area (Å²) >= 11 is 6.50. The van der Waals surface area contributed by atoms with Crippen molar-refractivity contribution in [1.82, 2.24) is 9.21 Å². The molecule has 0 aliphatic carbocycles. The minimum atomic E-state index is -3.81. The van der Waals surface area contributed by atoms with Crippen LogP contribution >= 0.6 is 24.0 Å². The Bertz CT molecular complexity index is 1050. The molecule has 8 nitrogen and oxygen atoms in total. The maximum Gasteiger partial charge on any atom is 0.411 e. The fourth-order valence-electron chi connectivity index (χ4n) is 4.12. The first kappa shape index (κ1) is 26.9. The van der Waals surface area contributed by atoms with Crippen molar-refractivity contribution in [2.45, 2.75) is 62.8 Å². The second-order valence-electron chi connectivity index (χ2n) is 9.46. The van der Waals surface area contributed by atoms with Gasteiger partial charge in [0.05, 0.1) is 17.4 Å². The molecule has 34 heavy (non-hydrogen) atoms. The summed E-state index contributed by atoms with van der Waals surface area (Å²) in [6, 6.07) is 6.63. The van der Waals surface area contributed by atoms with Gasteiger partial charge in [-0.05, 0) is 77.2 Å². The Morgan fingerprint density at radius 3 is 2.41 bits per heavy atom. The molecule has 1 aromatic rings. The normalized spacial score (nSPS) is 23.9. The quantitative estimate of drug-likeness (QED) is 0.530. The SMILES string of the molecule is CCOC(=S)SC1(C2CN(S(=O)(=O)c3ccc(C)cc3)CCC2=O)CCN1C(=O)OC(C)(C)C. The number of carbonyl (C=O) groups excluding carboxylic acids is 2. The van der Waals surface area contributed by atoms with E-state index in [1.165, 1.54) is 9.21 Å². The van der Waals surface area contributed by atoms with E-state index in [0.29, 0.717) is 19.6 Å². The maximum absolute atomic E-state index is 13.4. The summed E-state index contributed by atoms with van der Waals surface area (Å²) in [6.07, 6.45) is -0.0301. The van der Waals surface area contributed by atoms with Crippen LogP contribution in [0.2, 0.25) is 0 Å². The number of sulfonamides is 1. The number of aryl methyl sites for hydroxylation is 1. The Hall–Kier alpha value is -1.69. The molecule has 1 aromatic carbocycles. The number of thiocarbonyl (C=S) groups is 1. The van der Waals surface area contributed by atoms with Gasteiger partial charge in [-0.3, -0.25) is 9.69 Å². The number of amides is 1. The average Bonchev–Trinajstić information content (AvgIpc) is 2.70. The molecule has 2 aliphatic heterocycles. The fourth-order valence-corrected chi connectivity index (χ4v) is 7.40. The van der Waals surface area contributed by atoms with Gasteiger partial charge in [0.1, 0.15) is 16.3 Å². The van der Waals surface area contributed by atoms with E-state index in [4.69, 9.17) is 21.7 Å². The van der Waals surface area contributed by atoms with E-state index < -0.39 is 32.5 Å². The number of hydrogen-bond acceptors (Lipinski definition) is 8. The highest BCUT2D eigenvalue weighted by Gasteiger charge is 2.59. The minimum absolute atomic E-state index is 0.0456. The van der Waals surface area contributed by atoms with Gasteiger partial charge >= 0.3 is 6.09 Å². The number of nitrogens with zero attached hydrogens (tertiary/aromatic N) is 2. The van der Waals surface area contributed by atoms with E-state index in [1.807, 2.05) is 6.92 Å². The van der Waals surface area contributed by atoms with Gasteiger partial charge in [0, 0.05) is 26.1 Å². The van der Waals surface area contributed by atoms with Gasteiger partial charge < -0.3 is 9.47 Å². The second kappa shape index (κ2) is 10.1. The van der Waals surface area contributed by atoms with Gasteiger partial charge in [-0.2, -0.15) is 4.31 Å². The third-order valence-corrected chi connectivity index (χ3v) is 9.47. The predicted octanol–water partition coefficient (Wildman–Crippen LogP) is 3.97. The molecule has 0 bridgehead atoms. The van der Waals surface area contributed by atoms with E-state index in [2.05, 4.69) is 0 Å². The largest absolute Gasteiger partial charge is 0.479 e. The van der Waals surface area contributed by atoms with Crippen LogP contribution in [-0.2, 0) is 24.3 Å². The number of ether oxygens (including phenoxy) is 2. The van der Waals surface area contributed by atoms with Crippen LogP contribution in [0.1, 0.15) is 46.1 Å². The number of thioether (sulfide) groups is 1. The number of hydrogen-bond donors (Lipinski definition) is 0. The van der Waals surface area contributed by atoms with Gasteiger partial charge in [0.2, 0.25) is 14.4 Å². The molecule has 0 saturated carbocycles. The van der Waals surface area contributed by atoms with Gasteiger partial charge in [0.15, 0.2) is 0 Å². The molecule has 3 rings (SSSR count). The van der Waals surface area contributed by atoms with E-state index >= 15 is 0 Å². The van der Waals surface area contributed by atoms with Crippen LogP contribution in [-0.4, -0.2) is 70.6 Å². The molecular formula is C23H32N2O6S3. The number of carbonyl (C=O) groups is 2. The highest BCUT2D eigenvalue weighted by atomic mass is 32.2. The summed E-state index contributed by atoms with van der Waals surface area (Å²) in [5.74, 6) is -0.874. The van der Waals surface area contributed by atoms with Crippen molar-refractivity contribution >= 4 is 50.3 Å². The molecule has 2 aliphatic rings. The molecular weight excluding hydrogens is 496 g/mol. The third-order valence-electron chi connectivity index (χ3n) is 5.87. The number of likely N-dealkylation sites (tertiary alicyclic amines) is 1. The monoisotopic (exact) mass is 528 g/mol. The van der Waals surface area contributed by atoms with Gasteiger partial charge in [-0.1, -0.05) is 17.7 Å². The number of ketones is 1. The lowest BCUT2D eigenvalue weighted by atomic mass is 9.82. The number of benzene rings is 1. The Morgan fingerprint density at radius 1 is 1.24 bits per heavy atom. The summed E-state index contributed by atoms with van der Waals surface area (Å²) in [4.78, 5) is 26.8. The van der Waals surface area contributed by atoms with Gasteiger partial charge in [-0.15, -0.1) is 0 Å². The Labute approximate surface area is 211 Å². The van der Waals surface area contributed by atoms with Gasteiger partial charge in [-0.25, -0.2) is 13.2 Å². The highest BCUT2D eigenvalue weighted by Crippen LogP contribution is 2.50. The van der Waals surface area contributed by atoms with E-state index in [1.54, 1.807) is 52.0 Å². The van der Waals surface area contributed by atoms with Crippen molar-refractivity contribution in [2.75, 3.05) is 26.2 Å². The predicted molar refractivity (Wildman–Crippen MR) is 135 cm³/mol. The van der Waals surface area contributed by atoms with E-state index in [-0.39, 0.29) is 34.6 Å². The zero-order chi connectivity index (χ0) is 25.3. The molecule has 188 valence electrons. The molecule has 0 spiro atoms. The number of rotatable bonds is 5. The van der Waals surface area contributed by atoms with Crippen molar-refractivity contribution in [3.63, 3.8) is 0 Å². The molecule has 2 heterocycles. The van der Waals surface area contributed by atoms with Crippen LogP contribution in [0.3, 0.4) is 0 Å². The van der Waals surface area contributed by atoms with Crippen LogP contribution in [0.15, 0.2) is 29.2 Å². The standard InChI is InChI=1S/C23H32N2O6S3/c1-6-30-21(32)33-23(12-14-25(23)20(27)31-22(3,4)5)18-15-24(13-11-19(18)26)34(28,29)17-9-7-16(2)8-10-17/h7-10,18H,6,11-15H2,1-5H3. The molecule has 2 atom stereocenters. The van der Waals surface area contributed by atoms with Crippen molar-refractivity contribution in [2.24, 2.45) is 5.92 Å². The van der Waals surface area contributed by atoms with Crippen molar-refractivity contribution in [3.05, 3.63) is 29.8 Å². The Kier molecular flexibility index (Phi) is 8.01.